The predicted molar refractivity (Wildman–Crippen MR) is 74.3 cm³/mol. The van der Waals surface area contributed by atoms with Crippen molar-refractivity contribution in [1.29, 1.82) is 0 Å². The molecule has 0 aliphatic carbocycles. The summed E-state index contributed by atoms with van der Waals surface area (Å²) in [6.45, 7) is 5.70. The summed E-state index contributed by atoms with van der Waals surface area (Å²) in [6.07, 6.45) is 1.02. The second-order valence-corrected chi connectivity index (χ2v) is 5.08. The van der Waals surface area contributed by atoms with E-state index in [2.05, 4.69) is 30.4 Å². The van der Waals surface area contributed by atoms with E-state index in [1.54, 1.807) is 0 Å². The largest absolute Gasteiger partial charge is 0.493 e. The molecule has 3 rings (SSSR count). The minimum atomic E-state index is 0.302. The summed E-state index contributed by atoms with van der Waals surface area (Å²) >= 11 is 0. The quantitative estimate of drug-likeness (QED) is 0.911. The Morgan fingerprint density at radius 2 is 2.16 bits per heavy atom. The summed E-state index contributed by atoms with van der Waals surface area (Å²) < 4.78 is 11.1. The molecule has 19 heavy (non-hydrogen) atoms. The van der Waals surface area contributed by atoms with E-state index >= 15 is 0 Å². The summed E-state index contributed by atoms with van der Waals surface area (Å²) in [5.74, 6) is 2.98. The van der Waals surface area contributed by atoms with E-state index < -0.39 is 0 Å². The molecule has 2 aromatic rings. The van der Waals surface area contributed by atoms with Gasteiger partial charge in [-0.05, 0) is 43.2 Å². The zero-order valence-corrected chi connectivity index (χ0v) is 11.4. The molecule has 0 amide bonds. The molecule has 0 radical (unpaired) electrons. The summed E-state index contributed by atoms with van der Waals surface area (Å²) in [5.41, 5.74) is 2.62. The van der Waals surface area contributed by atoms with E-state index in [-0.39, 0.29) is 0 Å². The van der Waals surface area contributed by atoms with Gasteiger partial charge in [0.05, 0.1) is 13.2 Å². The molecule has 3 heteroatoms. The summed E-state index contributed by atoms with van der Waals surface area (Å²) in [4.78, 5) is 0. The molecule has 1 aliphatic rings. The normalized spacial score (nSPS) is 15.1. The number of furan rings is 1. The van der Waals surface area contributed by atoms with Gasteiger partial charge in [-0.15, -0.1) is 0 Å². The third-order valence-corrected chi connectivity index (χ3v) is 3.59. The summed E-state index contributed by atoms with van der Waals surface area (Å²) in [5, 5.41) is 3.49. The molecule has 3 nitrogen and oxygen atoms in total. The fourth-order valence-electron chi connectivity index (χ4n) is 2.43. The van der Waals surface area contributed by atoms with Crippen LogP contribution in [0.2, 0.25) is 0 Å². The third-order valence-electron chi connectivity index (χ3n) is 3.59. The Hall–Kier alpha value is -1.74. The van der Waals surface area contributed by atoms with Crippen molar-refractivity contribution in [2.75, 3.05) is 6.61 Å². The Labute approximate surface area is 113 Å². The standard InChI is InChI=1S/C16H19NO2/c1-11-3-5-15(19-11)10-17-12(2)13-4-6-16-14(9-13)7-8-18-16/h3-6,9,12,17H,7-8,10H2,1-2H3. The maximum absolute atomic E-state index is 5.56. The molecule has 1 unspecified atom stereocenters. The number of ether oxygens (including phenoxy) is 1. The van der Waals surface area contributed by atoms with Crippen LogP contribution < -0.4 is 10.1 Å². The van der Waals surface area contributed by atoms with E-state index in [0.717, 1.165) is 36.8 Å². The van der Waals surface area contributed by atoms with E-state index in [1.807, 2.05) is 19.1 Å². The van der Waals surface area contributed by atoms with Gasteiger partial charge in [-0.1, -0.05) is 12.1 Å². The Kier molecular flexibility index (Phi) is 3.30. The van der Waals surface area contributed by atoms with Gasteiger partial charge in [0.1, 0.15) is 17.3 Å². The first-order chi connectivity index (χ1) is 9.22. The highest BCUT2D eigenvalue weighted by atomic mass is 16.5. The number of fused-ring (bicyclic) bond motifs is 1. The lowest BCUT2D eigenvalue weighted by atomic mass is 10.0. The van der Waals surface area contributed by atoms with Gasteiger partial charge in [0.2, 0.25) is 0 Å². The number of nitrogens with one attached hydrogen (secondary N) is 1. The van der Waals surface area contributed by atoms with Gasteiger partial charge in [0, 0.05) is 12.5 Å². The molecule has 100 valence electrons. The van der Waals surface area contributed by atoms with Gasteiger partial charge < -0.3 is 14.5 Å². The second-order valence-electron chi connectivity index (χ2n) is 5.08. The van der Waals surface area contributed by atoms with Crippen molar-refractivity contribution >= 4 is 0 Å². The average Bonchev–Trinajstić information content (AvgIpc) is 3.03. The first-order valence-corrected chi connectivity index (χ1v) is 6.77. The molecule has 0 saturated heterocycles. The van der Waals surface area contributed by atoms with Crippen LogP contribution in [0, 0.1) is 6.92 Å². The maximum Gasteiger partial charge on any atom is 0.122 e. The van der Waals surface area contributed by atoms with Gasteiger partial charge in [0.15, 0.2) is 0 Å². The Morgan fingerprint density at radius 3 is 2.95 bits per heavy atom. The Morgan fingerprint density at radius 1 is 1.26 bits per heavy atom. The summed E-state index contributed by atoms with van der Waals surface area (Å²) in [7, 11) is 0. The number of hydrogen-bond donors (Lipinski definition) is 1. The lowest BCUT2D eigenvalue weighted by molar-refractivity contribution is 0.356. The van der Waals surface area contributed by atoms with Crippen molar-refractivity contribution in [3.63, 3.8) is 0 Å². The third kappa shape index (κ3) is 2.66. The van der Waals surface area contributed by atoms with E-state index in [9.17, 15) is 0 Å². The lowest BCUT2D eigenvalue weighted by Crippen LogP contribution is -2.17. The van der Waals surface area contributed by atoms with Crippen LogP contribution in [0.5, 0.6) is 5.75 Å². The molecule has 1 N–H and O–H groups in total. The molecule has 1 aromatic heterocycles. The van der Waals surface area contributed by atoms with Crippen molar-refractivity contribution < 1.29 is 9.15 Å². The van der Waals surface area contributed by atoms with Crippen molar-refractivity contribution in [1.82, 2.24) is 5.32 Å². The lowest BCUT2D eigenvalue weighted by Gasteiger charge is -2.14. The highest BCUT2D eigenvalue weighted by Crippen LogP contribution is 2.28. The number of hydrogen-bond acceptors (Lipinski definition) is 3. The van der Waals surface area contributed by atoms with Gasteiger partial charge >= 0.3 is 0 Å². The fourth-order valence-corrected chi connectivity index (χ4v) is 2.43. The van der Waals surface area contributed by atoms with Crippen LogP contribution in [0.1, 0.15) is 35.6 Å². The minimum absolute atomic E-state index is 0.302. The number of aryl methyl sites for hydroxylation is 1. The van der Waals surface area contributed by atoms with Gasteiger partial charge in [-0.2, -0.15) is 0 Å². The Bertz CT molecular complexity index is 574. The van der Waals surface area contributed by atoms with Crippen molar-refractivity contribution in [3.8, 4) is 5.75 Å². The summed E-state index contributed by atoms with van der Waals surface area (Å²) in [6, 6.07) is 10.8. The highest BCUT2D eigenvalue weighted by Gasteiger charge is 2.14. The predicted octanol–water partition coefficient (Wildman–Crippen LogP) is 3.37. The first-order valence-electron chi connectivity index (χ1n) is 6.77. The minimum Gasteiger partial charge on any atom is -0.493 e. The fraction of sp³-hybridized carbons (Fsp3) is 0.375. The number of benzene rings is 1. The van der Waals surface area contributed by atoms with Crippen molar-refractivity contribution in [3.05, 3.63) is 53.0 Å². The smallest absolute Gasteiger partial charge is 0.122 e. The highest BCUT2D eigenvalue weighted by molar-refractivity contribution is 5.40. The second kappa shape index (κ2) is 5.10. The van der Waals surface area contributed by atoms with Crippen molar-refractivity contribution in [2.24, 2.45) is 0 Å². The molecule has 1 aromatic carbocycles. The zero-order valence-electron chi connectivity index (χ0n) is 11.4. The molecule has 1 atom stereocenters. The van der Waals surface area contributed by atoms with Crippen LogP contribution in [-0.2, 0) is 13.0 Å². The molecule has 2 heterocycles. The van der Waals surface area contributed by atoms with Gasteiger partial charge in [0.25, 0.3) is 0 Å². The number of rotatable bonds is 4. The van der Waals surface area contributed by atoms with Crippen molar-refractivity contribution in [2.45, 2.75) is 32.9 Å². The molecule has 0 saturated carbocycles. The maximum atomic E-state index is 5.56. The molecule has 0 spiro atoms. The van der Waals surface area contributed by atoms with Gasteiger partial charge in [-0.25, -0.2) is 0 Å². The molecular formula is C16H19NO2. The van der Waals surface area contributed by atoms with Crippen LogP contribution in [0.4, 0.5) is 0 Å². The van der Waals surface area contributed by atoms with Gasteiger partial charge in [-0.3, -0.25) is 0 Å². The first kappa shape index (κ1) is 12.3. The van der Waals surface area contributed by atoms with E-state index in [1.165, 1.54) is 11.1 Å². The van der Waals surface area contributed by atoms with Crippen LogP contribution in [0.25, 0.3) is 0 Å². The SMILES string of the molecule is Cc1ccc(CNC(C)c2ccc3c(c2)CCO3)o1. The average molecular weight is 257 g/mol. The Balaban J connectivity index is 1.65. The van der Waals surface area contributed by atoms with E-state index in [0.29, 0.717) is 6.04 Å². The molecule has 0 fully saturated rings. The molecule has 0 bridgehead atoms. The molecule has 1 aliphatic heterocycles. The van der Waals surface area contributed by atoms with Crippen LogP contribution >= 0.6 is 0 Å². The van der Waals surface area contributed by atoms with E-state index in [4.69, 9.17) is 9.15 Å². The monoisotopic (exact) mass is 257 g/mol. The van der Waals surface area contributed by atoms with Crippen LogP contribution in [0.15, 0.2) is 34.7 Å². The van der Waals surface area contributed by atoms with Crippen LogP contribution in [0.3, 0.4) is 0 Å². The van der Waals surface area contributed by atoms with Crippen LogP contribution in [-0.4, -0.2) is 6.61 Å². The topological polar surface area (TPSA) is 34.4 Å². The molecular weight excluding hydrogens is 238 g/mol. The zero-order chi connectivity index (χ0) is 13.2.